The predicted molar refractivity (Wildman–Crippen MR) is 91.5 cm³/mol. The molecule has 0 unspecified atom stereocenters. The van der Waals surface area contributed by atoms with Gasteiger partial charge in [0.05, 0.1) is 7.11 Å². The molecule has 2 rings (SSSR count). The highest BCUT2D eigenvalue weighted by Gasteiger charge is 2.12. The molecule has 0 saturated carbocycles. The van der Waals surface area contributed by atoms with Gasteiger partial charge in [-0.15, -0.1) is 0 Å². The van der Waals surface area contributed by atoms with E-state index in [9.17, 15) is 4.79 Å². The highest BCUT2D eigenvalue weighted by atomic mass is 16.5. The van der Waals surface area contributed by atoms with E-state index in [4.69, 9.17) is 4.74 Å². The van der Waals surface area contributed by atoms with Gasteiger partial charge in [0.25, 0.3) is 0 Å². The highest BCUT2D eigenvalue weighted by molar-refractivity contribution is 6.07. The molecule has 0 aromatic heterocycles. The minimum absolute atomic E-state index is 0.0289. The summed E-state index contributed by atoms with van der Waals surface area (Å²) in [6, 6.07) is 15.5. The number of allylic oxidation sites excluding steroid dienone is 1. The van der Waals surface area contributed by atoms with Crippen molar-refractivity contribution in [2.24, 2.45) is 0 Å². The maximum Gasteiger partial charge on any atom is 0.185 e. The van der Waals surface area contributed by atoms with Gasteiger partial charge in [-0.3, -0.25) is 4.79 Å². The molecule has 114 valence electrons. The SMILES string of the molecule is COc1cccc(C(=O)C=Cc2ccc(C(C)(C)C)cc2)c1. The zero-order chi connectivity index (χ0) is 16.2. The number of rotatable bonds is 4. The molecule has 0 N–H and O–H groups in total. The molecule has 0 spiro atoms. The van der Waals surface area contributed by atoms with Crippen LogP contribution in [0.15, 0.2) is 54.6 Å². The average molecular weight is 294 g/mol. The zero-order valence-electron chi connectivity index (χ0n) is 13.6. The number of carbonyl (C=O) groups excluding carboxylic acids is 1. The number of hydrogen-bond acceptors (Lipinski definition) is 2. The van der Waals surface area contributed by atoms with Crippen LogP contribution in [-0.4, -0.2) is 12.9 Å². The molecular weight excluding hydrogens is 272 g/mol. The fourth-order valence-electron chi connectivity index (χ4n) is 2.14. The van der Waals surface area contributed by atoms with E-state index < -0.39 is 0 Å². The van der Waals surface area contributed by atoms with Gasteiger partial charge in [-0.2, -0.15) is 0 Å². The maximum absolute atomic E-state index is 12.2. The molecule has 2 aromatic rings. The number of carbonyl (C=O) groups is 1. The summed E-state index contributed by atoms with van der Waals surface area (Å²) >= 11 is 0. The number of benzene rings is 2. The molecule has 2 heteroatoms. The van der Waals surface area contributed by atoms with Crippen molar-refractivity contribution in [1.29, 1.82) is 0 Å². The first-order valence-electron chi connectivity index (χ1n) is 7.37. The van der Waals surface area contributed by atoms with Crippen molar-refractivity contribution in [3.05, 3.63) is 71.3 Å². The van der Waals surface area contributed by atoms with E-state index >= 15 is 0 Å². The van der Waals surface area contributed by atoms with E-state index in [0.29, 0.717) is 11.3 Å². The molecule has 0 aliphatic heterocycles. The lowest BCUT2D eigenvalue weighted by molar-refractivity contribution is 0.104. The average Bonchev–Trinajstić information content (AvgIpc) is 2.52. The van der Waals surface area contributed by atoms with Gasteiger partial charge in [0.15, 0.2) is 5.78 Å². The Labute approximate surface area is 132 Å². The summed E-state index contributed by atoms with van der Waals surface area (Å²) in [4.78, 5) is 12.2. The second-order valence-corrected chi connectivity index (χ2v) is 6.30. The van der Waals surface area contributed by atoms with Crippen LogP contribution in [0, 0.1) is 0 Å². The summed E-state index contributed by atoms with van der Waals surface area (Å²) < 4.78 is 5.14. The van der Waals surface area contributed by atoms with Crippen LogP contribution in [0.25, 0.3) is 6.08 Å². The zero-order valence-corrected chi connectivity index (χ0v) is 13.6. The van der Waals surface area contributed by atoms with E-state index in [1.54, 1.807) is 25.3 Å². The van der Waals surface area contributed by atoms with Crippen molar-refractivity contribution in [3.8, 4) is 5.75 Å². The Morgan fingerprint density at radius 2 is 1.73 bits per heavy atom. The summed E-state index contributed by atoms with van der Waals surface area (Å²) in [7, 11) is 1.59. The van der Waals surface area contributed by atoms with Crippen LogP contribution in [0.2, 0.25) is 0 Å². The van der Waals surface area contributed by atoms with Crippen LogP contribution >= 0.6 is 0 Å². The number of ketones is 1. The molecule has 0 atom stereocenters. The van der Waals surface area contributed by atoms with Gasteiger partial charge in [-0.25, -0.2) is 0 Å². The van der Waals surface area contributed by atoms with Gasteiger partial charge in [0, 0.05) is 5.56 Å². The molecule has 0 heterocycles. The van der Waals surface area contributed by atoms with Gasteiger partial charge in [0.1, 0.15) is 5.75 Å². The lowest BCUT2D eigenvalue weighted by atomic mass is 9.87. The third kappa shape index (κ3) is 4.08. The van der Waals surface area contributed by atoms with Crippen molar-refractivity contribution in [3.63, 3.8) is 0 Å². The van der Waals surface area contributed by atoms with Gasteiger partial charge in [-0.05, 0) is 34.8 Å². The van der Waals surface area contributed by atoms with E-state index in [1.807, 2.05) is 30.3 Å². The monoisotopic (exact) mass is 294 g/mol. The van der Waals surface area contributed by atoms with Crippen LogP contribution in [0.4, 0.5) is 0 Å². The van der Waals surface area contributed by atoms with Gasteiger partial charge < -0.3 is 4.74 Å². The maximum atomic E-state index is 12.2. The van der Waals surface area contributed by atoms with E-state index in [1.165, 1.54) is 5.56 Å². The Hall–Kier alpha value is -2.35. The van der Waals surface area contributed by atoms with Gasteiger partial charge >= 0.3 is 0 Å². The fraction of sp³-hybridized carbons (Fsp3) is 0.250. The first-order valence-corrected chi connectivity index (χ1v) is 7.37. The van der Waals surface area contributed by atoms with E-state index in [2.05, 4.69) is 32.9 Å². The molecule has 0 bridgehead atoms. The smallest absolute Gasteiger partial charge is 0.185 e. The van der Waals surface area contributed by atoms with E-state index in [-0.39, 0.29) is 11.2 Å². The van der Waals surface area contributed by atoms with Crippen LogP contribution in [0.5, 0.6) is 5.75 Å². The first-order chi connectivity index (χ1) is 10.4. The molecule has 0 aliphatic rings. The molecule has 0 aliphatic carbocycles. The van der Waals surface area contributed by atoms with Crippen LogP contribution < -0.4 is 4.74 Å². The van der Waals surface area contributed by atoms with Crippen molar-refractivity contribution in [2.75, 3.05) is 7.11 Å². The number of methoxy groups -OCH3 is 1. The lowest BCUT2D eigenvalue weighted by Crippen LogP contribution is -2.10. The number of ether oxygens (including phenoxy) is 1. The third-order valence-corrected chi connectivity index (χ3v) is 3.56. The summed E-state index contributed by atoms with van der Waals surface area (Å²) in [6.07, 6.45) is 3.44. The Morgan fingerprint density at radius 3 is 2.32 bits per heavy atom. The fourth-order valence-corrected chi connectivity index (χ4v) is 2.14. The summed E-state index contributed by atoms with van der Waals surface area (Å²) in [5.74, 6) is 0.660. The molecule has 0 saturated heterocycles. The second-order valence-electron chi connectivity index (χ2n) is 6.30. The normalized spacial score (nSPS) is 11.6. The van der Waals surface area contributed by atoms with Crippen molar-refractivity contribution >= 4 is 11.9 Å². The Morgan fingerprint density at radius 1 is 1.05 bits per heavy atom. The van der Waals surface area contributed by atoms with Gasteiger partial charge in [0.2, 0.25) is 0 Å². The number of hydrogen-bond donors (Lipinski definition) is 0. The highest BCUT2D eigenvalue weighted by Crippen LogP contribution is 2.22. The molecule has 2 nitrogen and oxygen atoms in total. The van der Waals surface area contributed by atoms with E-state index in [0.717, 1.165) is 5.56 Å². The molecule has 2 aromatic carbocycles. The molecule has 22 heavy (non-hydrogen) atoms. The Balaban J connectivity index is 2.12. The molecule has 0 radical (unpaired) electrons. The van der Waals surface area contributed by atoms with Crippen LogP contribution in [-0.2, 0) is 5.41 Å². The van der Waals surface area contributed by atoms with Crippen LogP contribution in [0.1, 0.15) is 42.3 Å². The Kier molecular flexibility index (Phi) is 4.81. The Bertz CT molecular complexity index is 674. The summed E-state index contributed by atoms with van der Waals surface area (Å²) in [5.41, 5.74) is 3.06. The second kappa shape index (κ2) is 6.61. The quantitative estimate of drug-likeness (QED) is 0.593. The van der Waals surface area contributed by atoms with Crippen molar-refractivity contribution in [1.82, 2.24) is 0 Å². The topological polar surface area (TPSA) is 26.3 Å². The molecule has 0 fully saturated rings. The van der Waals surface area contributed by atoms with Crippen molar-refractivity contribution < 1.29 is 9.53 Å². The minimum atomic E-state index is -0.0289. The van der Waals surface area contributed by atoms with Crippen molar-refractivity contribution in [2.45, 2.75) is 26.2 Å². The summed E-state index contributed by atoms with van der Waals surface area (Å²) in [6.45, 7) is 6.55. The minimum Gasteiger partial charge on any atom is -0.497 e. The standard InChI is InChI=1S/C20H22O2/c1-20(2,3)17-11-8-15(9-12-17)10-13-19(21)16-6-5-7-18(14-16)22-4/h5-14H,1-4H3. The van der Waals surface area contributed by atoms with Gasteiger partial charge in [-0.1, -0.05) is 63.2 Å². The molecule has 0 amide bonds. The third-order valence-electron chi connectivity index (χ3n) is 3.56. The summed E-state index contributed by atoms with van der Waals surface area (Å²) in [5, 5.41) is 0. The lowest BCUT2D eigenvalue weighted by Gasteiger charge is -2.18. The predicted octanol–water partition coefficient (Wildman–Crippen LogP) is 4.89. The first kappa shape index (κ1) is 16.0. The largest absolute Gasteiger partial charge is 0.497 e. The molecular formula is C20H22O2. The van der Waals surface area contributed by atoms with Crippen LogP contribution in [0.3, 0.4) is 0 Å².